The number of ether oxygens (including phenoxy) is 1. The summed E-state index contributed by atoms with van der Waals surface area (Å²) in [4.78, 5) is 23.0. The van der Waals surface area contributed by atoms with E-state index in [1.807, 2.05) is 32.0 Å². The summed E-state index contributed by atoms with van der Waals surface area (Å²) in [5.74, 6) is 0.550. The highest BCUT2D eigenvalue weighted by atomic mass is 16.6. The Morgan fingerprint density at radius 2 is 1.92 bits per heavy atom. The second kappa shape index (κ2) is 7.79. The quantitative estimate of drug-likeness (QED) is 0.633. The van der Waals surface area contributed by atoms with Crippen LogP contribution in [0.4, 0.5) is 5.69 Å². The number of rotatable bonds is 6. The molecule has 0 radical (unpaired) electrons. The maximum atomic E-state index is 12.5. The molecule has 0 aliphatic carbocycles. The van der Waals surface area contributed by atoms with Crippen molar-refractivity contribution in [3.05, 3.63) is 68.8 Å². The zero-order valence-electron chi connectivity index (χ0n) is 14.8. The standard InChI is InChI=1S/C19H22N2O4/c1-5-16(14-7-9-18(25-4)13(3)11-14)20-19(22)15-6-8-17(21(23)24)12(2)10-15/h6-11,16H,5H2,1-4H3,(H,20,22)/t16-/m1/s1. The number of nitro groups is 1. The third-order valence-electron chi connectivity index (χ3n) is 4.19. The number of aryl methyl sites for hydroxylation is 2. The van der Waals surface area contributed by atoms with Gasteiger partial charge in [0.15, 0.2) is 0 Å². The van der Waals surface area contributed by atoms with E-state index in [0.717, 1.165) is 23.3 Å². The Bertz CT molecular complexity index is 802. The summed E-state index contributed by atoms with van der Waals surface area (Å²) in [6.45, 7) is 5.57. The molecular formula is C19H22N2O4. The predicted molar refractivity (Wildman–Crippen MR) is 96.1 cm³/mol. The molecule has 6 heteroatoms. The summed E-state index contributed by atoms with van der Waals surface area (Å²) in [5, 5.41) is 13.9. The first-order valence-corrected chi connectivity index (χ1v) is 8.07. The van der Waals surface area contributed by atoms with Crippen LogP contribution in [0.5, 0.6) is 5.75 Å². The van der Waals surface area contributed by atoms with Gasteiger partial charge in [-0.1, -0.05) is 19.1 Å². The predicted octanol–water partition coefficient (Wildman–Crippen LogP) is 4.10. The van der Waals surface area contributed by atoms with Crippen LogP contribution in [-0.4, -0.2) is 17.9 Å². The first kappa shape index (κ1) is 18.4. The molecule has 0 spiro atoms. The largest absolute Gasteiger partial charge is 0.496 e. The Kier molecular flexibility index (Phi) is 5.75. The van der Waals surface area contributed by atoms with Crippen molar-refractivity contribution in [2.75, 3.05) is 7.11 Å². The van der Waals surface area contributed by atoms with Gasteiger partial charge in [-0.2, -0.15) is 0 Å². The van der Waals surface area contributed by atoms with Gasteiger partial charge in [0.25, 0.3) is 11.6 Å². The molecule has 2 aromatic rings. The summed E-state index contributed by atoms with van der Waals surface area (Å²) < 4.78 is 5.27. The lowest BCUT2D eigenvalue weighted by Gasteiger charge is -2.19. The van der Waals surface area contributed by atoms with Crippen LogP contribution >= 0.6 is 0 Å². The van der Waals surface area contributed by atoms with Crippen LogP contribution in [0, 0.1) is 24.0 Å². The molecule has 0 aromatic heterocycles. The van der Waals surface area contributed by atoms with E-state index >= 15 is 0 Å². The second-order valence-corrected chi connectivity index (χ2v) is 5.92. The summed E-state index contributed by atoms with van der Waals surface area (Å²) in [6, 6.07) is 10.0. The molecule has 0 saturated carbocycles. The molecule has 0 unspecified atom stereocenters. The number of nitrogens with zero attached hydrogens (tertiary/aromatic N) is 1. The van der Waals surface area contributed by atoms with E-state index in [4.69, 9.17) is 4.74 Å². The SMILES string of the molecule is CC[C@@H](NC(=O)c1ccc([N+](=O)[O-])c(C)c1)c1ccc(OC)c(C)c1. The van der Waals surface area contributed by atoms with Crippen LogP contribution in [0.25, 0.3) is 0 Å². The minimum atomic E-state index is -0.452. The van der Waals surface area contributed by atoms with Crippen molar-refractivity contribution >= 4 is 11.6 Å². The third-order valence-corrected chi connectivity index (χ3v) is 4.19. The normalized spacial score (nSPS) is 11.7. The van der Waals surface area contributed by atoms with E-state index in [0.29, 0.717) is 11.1 Å². The number of benzene rings is 2. The number of amides is 1. The Labute approximate surface area is 147 Å². The molecular weight excluding hydrogens is 320 g/mol. The number of hydrogen-bond acceptors (Lipinski definition) is 4. The number of carbonyl (C=O) groups excluding carboxylic acids is 1. The van der Waals surface area contributed by atoms with Gasteiger partial charge in [-0.25, -0.2) is 0 Å². The average molecular weight is 342 g/mol. The highest BCUT2D eigenvalue weighted by molar-refractivity contribution is 5.95. The lowest BCUT2D eigenvalue weighted by atomic mass is 10.0. The molecule has 1 N–H and O–H groups in total. The molecule has 0 aliphatic rings. The summed E-state index contributed by atoms with van der Waals surface area (Å²) >= 11 is 0. The molecule has 0 fully saturated rings. The monoisotopic (exact) mass is 342 g/mol. The Balaban J connectivity index is 2.21. The molecule has 132 valence electrons. The molecule has 1 atom stereocenters. The van der Waals surface area contributed by atoms with Crippen LogP contribution in [0.15, 0.2) is 36.4 Å². The molecule has 0 aliphatic heterocycles. The van der Waals surface area contributed by atoms with Crippen LogP contribution in [-0.2, 0) is 0 Å². The molecule has 2 aromatic carbocycles. The third kappa shape index (κ3) is 4.15. The first-order chi connectivity index (χ1) is 11.9. The van der Waals surface area contributed by atoms with E-state index in [-0.39, 0.29) is 17.6 Å². The van der Waals surface area contributed by atoms with Crippen LogP contribution in [0.2, 0.25) is 0 Å². The molecule has 25 heavy (non-hydrogen) atoms. The molecule has 0 saturated heterocycles. The van der Waals surface area contributed by atoms with E-state index in [9.17, 15) is 14.9 Å². The van der Waals surface area contributed by atoms with Crippen molar-refractivity contribution in [2.24, 2.45) is 0 Å². The molecule has 1 amide bonds. The van der Waals surface area contributed by atoms with E-state index in [1.54, 1.807) is 20.1 Å². The average Bonchev–Trinajstić information content (AvgIpc) is 2.58. The Hall–Kier alpha value is -2.89. The van der Waals surface area contributed by atoms with Crippen LogP contribution in [0.1, 0.15) is 46.4 Å². The fraction of sp³-hybridized carbons (Fsp3) is 0.316. The second-order valence-electron chi connectivity index (χ2n) is 5.92. The van der Waals surface area contributed by atoms with E-state index < -0.39 is 4.92 Å². The van der Waals surface area contributed by atoms with Gasteiger partial charge in [0.2, 0.25) is 0 Å². The number of carbonyl (C=O) groups is 1. The minimum absolute atomic E-state index is 0.00868. The number of methoxy groups -OCH3 is 1. The summed E-state index contributed by atoms with van der Waals surface area (Å²) in [6.07, 6.45) is 0.726. The topological polar surface area (TPSA) is 81.5 Å². The Morgan fingerprint density at radius 1 is 1.20 bits per heavy atom. The van der Waals surface area contributed by atoms with Gasteiger partial charge in [-0.05, 0) is 49.6 Å². The van der Waals surface area contributed by atoms with Crippen molar-refractivity contribution in [1.82, 2.24) is 5.32 Å². The fourth-order valence-corrected chi connectivity index (χ4v) is 2.78. The van der Waals surface area contributed by atoms with Gasteiger partial charge in [0, 0.05) is 17.2 Å². The van der Waals surface area contributed by atoms with Gasteiger partial charge >= 0.3 is 0 Å². The van der Waals surface area contributed by atoms with Gasteiger partial charge in [-0.15, -0.1) is 0 Å². The highest BCUT2D eigenvalue weighted by Crippen LogP contribution is 2.25. The van der Waals surface area contributed by atoms with Crippen molar-refractivity contribution in [3.8, 4) is 5.75 Å². The number of nitrogens with one attached hydrogen (secondary N) is 1. The number of hydrogen-bond donors (Lipinski definition) is 1. The molecule has 2 rings (SSSR count). The van der Waals surface area contributed by atoms with E-state index in [2.05, 4.69) is 5.32 Å². The molecule has 0 heterocycles. The zero-order chi connectivity index (χ0) is 18.6. The van der Waals surface area contributed by atoms with Gasteiger partial charge < -0.3 is 10.1 Å². The zero-order valence-corrected chi connectivity index (χ0v) is 14.8. The van der Waals surface area contributed by atoms with Crippen molar-refractivity contribution in [3.63, 3.8) is 0 Å². The smallest absolute Gasteiger partial charge is 0.272 e. The van der Waals surface area contributed by atoms with Gasteiger partial charge in [0.05, 0.1) is 18.1 Å². The highest BCUT2D eigenvalue weighted by Gasteiger charge is 2.17. The first-order valence-electron chi connectivity index (χ1n) is 8.07. The molecule has 6 nitrogen and oxygen atoms in total. The van der Waals surface area contributed by atoms with Crippen molar-refractivity contribution in [1.29, 1.82) is 0 Å². The maximum Gasteiger partial charge on any atom is 0.272 e. The molecule has 0 bridgehead atoms. The van der Waals surface area contributed by atoms with Gasteiger partial charge in [-0.3, -0.25) is 14.9 Å². The maximum absolute atomic E-state index is 12.5. The van der Waals surface area contributed by atoms with Crippen molar-refractivity contribution < 1.29 is 14.5 Å². The van der Waals surface area contributed by atoms with Crippen molar-refractivity contribution in [2.45, 2.75) is 33.2 Å². The Morgan fingerprint density at radius 3 is 2.44 bits per heavy atom. The summed E-state index contributed by atoms with van der Waals surface area (Å²) in [7, 11) is 1.62. The van der Waals surface area contributed by atoms with Crippen LogP contribution in [0.3, 0.4) is 0 Å². The summed E-state index contributed by atoms with van der Waals surface area (Å²) in [5.41, 5.74) is 2.87. The fourth-order valence-electron chi connectivity index (χ4n) is 2.78. The lowest BCUT2D eigenvalue weighted by Crippen LogP contribution is -2.28. The van der Waals surface area contributed by atoms with Crippen LogP contribution < -0.4 is 10.1 Å². The number of nitro benzene ring substituents is 1. The minimum Gasteiger partial charge on any atom is -0.496 e. The van der Waals surface area contributed by atoms with E-state index in [1.165, 1.54) is 12.1 Å². The van der Waals surface area contributed by atoms with Gasteiger partial charge in [0.1, 0.15) is 5.75 Å². The lowest BCUT2D eigenvalue weighted by molar-refractivity contribution is -0.385.